The van der Waals surface area contributed by atoms with Crippen LogP contribution in [0.5, 0.6) is 0 Å². The van der Waals surface area contributed by atoms with Crippen molar-refractivity contribution in [2.24, 2.45) is 11.7 Å². The van der Waals surface area contributed by atoms with Crippen molar-refractivity contribution >= 4 is 5.91 Å². The normalized spacial score (nSPS) is 26.4. The molecule has 2 atom stereocenters. The van der Waals surface area contributed by atoms with Crippen LogP contribution in [0.2, 0.25) is 0 Å². The van der Waals surface area contributed by atoms with Gasteiger partial charge in [-0.2, -0.15) is 0 Å². The van der Waals surface area contributed by atoms with Gasteiger partial charge in [0.15, 0.2) is 0 Å². The van der Waals surface area contributed by atoms with Gasteiger partial charge in [0.1, 0.15) is 0 Å². The highest BCUT2D eigenvalue weighted by molar-refractivity contribution is 5.79. The predicted molar refractivity (Wildman–Crippen MR) is 48.6 cm³/mol. The third kappa shape index (κ3) is 2.21. The van der Waals surface area contributed by atoms with Crippen LogP contribution < -0.4 is 5.73 Å². The fourth-order valence-electron chi connectivity index (χ4n) is 1.48. The molecule has 0 saturated carbocycles. The lowest BCUT2D eigenvalue weighted by Gasteiger charge is -2.19. The number of hydrogen-bond acceptors (Lipinski definition) is 2. The van der Waals surface area contributed by atoms with Crippen molar-refractivity contribution in [1.29, 1.82) is 0 Å². The van der Waals surface area contributed by atoms with Crippen molar-refractivity contribution in [3.05, 3.63) is 0 Å². The summed E-state index contributed by atoms with van der Waals surface area (Å²) in [7, 11) is 0. The Labute approximate surface area is 73.9 Å². The van der Waals surface area contributed by atoms with Crippen molar-refractivity contribution < 1.29 is 4.79 Å². The van der Waals surface area contributed by atoms with Gasteiger partial charge in [-0.1, -0.05) is 20.3 Å². The molecule has 0 bridgehead atoms. The highest BCUT2D eigenvalue weighted by Crippen LogP contribution is 2.12. The van der Waals surface area contributed by atoms with Gasteiger partial charge in [0.05, 0.1) is 0 Å². The van der Waals surface area contributed by atoms with Crippen LogP contribution in [0.4, 0.5) is 0 Å². The first-order chi connectivity index (χ1) is 5.63. The summed E-state index contributed by atoms with van der Waals surface area (Å²) in [6, 6.07) is 0.0709. The minimum atomic E-state index is 0.0709. The van der Waals surface area contributed by atoms with Gasteiger partial charge in [-0.15, -0.1) is 0 Å². The Morgan fingerprint density at radius 1 is 1.75 bits per heavy atom. The number of amides is 1. The summed E-state index contributed by atoms with van der Waals surface area (Å²) >= 11 is 0. The van der Waals surface area contributed by atoms with Crippen LogP contribution in [0.3, 0.4) is 0 Å². The standard InChI is InChI=1S/C9H18N2O/c1-3-7(2)5-11-6-8(10)4-9(11)12/h7-8H,3-6,10H2,1-2H3. The van der Waals surface area contributed by atoms with Gasteiger partial charge in [0.2, 0.25) is 5.91 Å². The molecule has 3 nitrogen and oxygen atoms in total. The molecule has 0 aromatic rings. The second-order valence-electron chi connectivity index (χ2n) is 3.78. The smallest absolute Gasteiger partial charge is 0.224 e. The fraction of sp³-hybridized carbons (Fsp3) is 0.889. The van der Waals surface area contributed by atoms with Crippen LogP contribution in [-0.2, 0) is 4.79 Å². The molecule has 3 heteroatoms. The van der Waals surface area contributed by atoms with E-state index in [1.165, 1.54) is 0 Å². The van der Waals surface area contributed by atoms with E-state index in [9.17, 15) is 4.79 Å². The lowest BCUT2D eigenvalue weighted by molar-refractivity contribution is -0.128. The van der Waals surface area contributed by atoms with Gasteiger partial charge in [0, 0.05) is 25.6 Å². The minimum Gasteiger partial charge on any atom is -0.341 e. The second kappa shape index (κ2) is 3.90. The number of hydrogen-bond donors (Lipinski definition) is 1. The number of nitrogens with zero attached hydrogens (tertiary/aromatic N) is 1. The van der Waals surface area contributed by atoms with E-state index in [-0.39, 0.29) is 11.9 Å². The van der Waals surface area contributed by atoms with E-state index in [0.29, 0.717) is 12.3 Å². The summed E-state index contributed by atoms with van der Waals surface area (Å²) < 4.78 is 0. The predicted octanol–water partition coefficient (Wildman–Crippen LogP) is 0.592. The van der Waals surface area contributed by atoms with E-state index in [2.05, 4.69) is 13.8 Å². The maximum absolute atomic E-state index is 11.3. The molecule has 1 rings (SSSR count). The van der Waals surface area contributed by atoms with Gasteiger partial charge < -0.3 is 10.6 Å². The highest BCUT2D eigenvalue weighted by atomic mass is 16.2. The molecule has 1 aliphatic heterocycles. The fourth-order valence-corrected chi connectivity index (χ4v) is 1.48. The van der Waals surface area contributed by atoms with Gasteiger partial charge in [-0.25, -0.2) is 0 Å². The van der Waals surface area contributed by atoms with Gasteiger partial charge in [-0.3, -0.25) is 4.79 Å². The van der Waals surface area contributed by atoms with E-state index in [1.807, 2.05) is 4.90 Å². The summed E-state index contributed by atoms with van der Waals surface area (Å²) in [4.78, 5) is 13.2. The first-order valence-corrected chi connectivity index (χ1v) is 4.66. The van der Waals surface area contributed by atoms with Crippen molar-refractivity contribution in [3.8, 4) is 0 Å². The number of carbonyl (C=O) groups is 1. The average molecular weight is 170 g/mol. The Kier molecular flexibility index (Phi) is 3.09. The van der Waals surface area contributed by atoms with E-state index in [1.54, 1.807) is 0 Å². The molecule has 2 unspecified atom stereocenters. The molecular formula is C9H18N2O. The molecule has 2 N–H and O–H groups in total. The molecule has 70 valence electrons. The molecule has 1 aliphatic rings. The Bertz CT molecular complexity index is 170. The molecule has 0 aromatic heterocycles. The molecule has 1 fully saturated rings. The SMILES string of the molecule is CCC(C)CN1CC(N)CC1=O. The third-order valence-electron chi connectivity index (χ3n) is 2.47. The van der Waals surface area contributed by atoms with Crippen molar-refractivity contribution in [1.82, 2.24) is 4.90 Å². The number of carbonyl (C=O) groups excluding carboxylic acids is 1. The minimum absolute atomic E-state index is 0.0709. The maximum Gasteiger partial charge on any atom is 0.224 e. The second-order valence-corrected chi connectivity index (χ2v) is 3.78. The summed E-state index contributed by atoms with van der Waals surface area (Å²) in [5.74, 6) is 0.821. The van der Waals surface area contributed by atoms with Crippen LogP contribution in [0.15, 0.2) is 0 Å². The van der Waals surface area contributed by atoms with Crippen LogP contribution in [0.25, 0.3) is 0 Å². The molecule has 12 heavy (non-hydrogen) atoms. The molecule has 0 spiro atoms. The maximum atomic E-state index is 11.3. The Morgan fingerprint density at radius 2 is 2.42 bits per heavy atom. The topological polar surface area (TPSA) is 46.3 Å². The van der Waals surface area contributed by atoms with Gasteiger partial charge in [0.25, 0.3) is 0 Å². The van der Waals surface area contributed by atoms with Crippen molar-refractivity contribution in [2.45, 2.75) is 32.7 Å². The average Bonchev–Trinajstić information content (AvgIpc) is 2.30. The van der Waals surface area contributed by atoms with Gasteiger partial charge >= 0.3 is 0 Å². The Balaban J connectivity index is 2.37. The molecule has 1 amide bonds. The molecule has 0 aromatic carbocycles. The Hall–Kier alpha value is -0.570. The number of nitrogens with two attached hydrogens (primary N) is 1. The van der Waals surface area contributed by atoms with E-state index < -0.39 is 0 Å². The van der Waals surface area contributed by atoms with Crippen LogP contribution in [0, 0.1) is 5.92 Å². The molecule has 1 saturated heterocycles. The zero-order valence-corrected chi connectivity index (χ0v) is 7.92. The lowest BCUT2D eigenvalue weighted by Crippen LogP contribution is -2.31. The van der Waals surface area contributed by atoms with E-state index in [0.717, 1.165) is 19.5 Å². The molecule has 1 heterocycles. The molecule has 0 aliphatic carbocycles. The molecule has 0 radical (unpaired) electrons. The number of likely N-dealkylation sites (tertiary alicyclic amines) is 1. The lowest BCUT2D eigenvalue weighted by atomic mass is 10.1. The largest absolute Gasteiger partial charge is 0.341 e. The van der Waals surface area contributed by atoms with Crippen LogP contribution in [0.1, 0.15) is 26.7 Å². The summed E-state index contributed by atoms with van der Waals surface area (Å²) in [6.07, 6.45) is 1.66. The van der Waals surface area contributed by atoms with Crippen LogP contribution >= 0.6 is 0 Å². The van der Waals surface area contributed by atoms with E-state index in [4.69, 9.17) is 5.73 Å². The van der Waals surface area contributed by atoms with Crippen molar-refractivity contribution in [2.75, 3.05) is 13.1 Å². The zero-order valence-electron chi connectivity index (χ0n) is 7.92. The summed E-state index contributed by atoms with van der Waals surface area (Å²) in [6.45, 7) is 5.94. The first-order valence-electron chi connectivity index (χ1n) is 4.66. The van der Waals surface area contributed by atoms with Crippen LogP contribution in [-0.4, -0.2) is 29.9 Å². The third-order valence-corrected chi connectivity index (χ3v) is 2.47. The number of rotatable bonds is 3. The zero-order chi connectivity index (χ0) is 9.14. The quantitative estimate of drug-likeness (QED) is 0.674. The molecular weight excluding hydrogens is 152 g/mol. The van der Waals surface area contributed by atoms with Crippen molar-refractivity contribution in [3.63, 3.8) is 0 Å². The first kappa shape index (κ1) is 9.52. The van der Waals surface area contributed by atoms with E-state index >= 15 is 0 Å². The Morgan fingerprint density at radius 3 is 2.83 bits per heavy atom. The summed E-state index contributed by atoms with van der Waals surface area (Å²) in [5, 5.41) is 0. The summed E-state index contributed by atoms with van der Waals surface area (Å²) in [5.41, 5.74) is 5.67. The highest BCUT2D eigenvalue weighted by Gasteiger charge is 2.27. The monoisotopic (exact) mass is 170 g/mol. The van der Waals surface area contributed by atoms with Gasteiger partial charge in [-0.05, 0) is 5.92 Å².